The van der Waals surface area contributed by atoms with Crippen molar-refractivity contribution in [2.24, 2.45) is 0 Å². The van der Waals surface area contributed by atoms with Crippen LogP contribution in [0.3, 0.4) is 0 Å². The zero-order valence-electron chi connectivity index (χ0n) is 10.0. The largest absolute Gasteiger partial charge is 0.382 e. The van der Waals surface area contributed by atoms with Gasteiger partial charge in [0.15, 0.2) is 0 Å². The van der Waals surface area contributed by atoms with Crippen LogP contribution in [0.5, 0.6) is 0 Å². The smallest absolute Gasteiger partial charge is 0.0942 e. The first-order valence-electron chi connectivity index (χ1n) is 5.35. The lowest BCUT2D eigenvalue weighted by atomic mass is 10.0. The highest BCUT2D eigenvalue weighted by Crippen LogP contribution is 2.22. The van der Waals surface area contributed by atoms with E-state index in [0.29, 0.717) is 12.6 Å². The Kier molecular flexibility index (Phi) is 3.93. The molecule has 1 aliphatic rings. The highest BCUT2D eigenvalue weighted by Gasteiger charge is 2.34. The molecule has 84 valence electrons. The van der Waals surface area contributed by atoms with Gasteiger partial charge in [-0.25, -0.2) is 0 Å². The summed E-state index contributed by atoms with van der Waals surface area (Å²) in [5.74, 6) is 0. The second-order valence-electron chi connectivity index (χ2n) is 4.98. The number of rotatable bonds is 3. The molecule has 1 unspecified atom stereocenters. The zero-order valence-corrected chi connectivity index (χ0v) is 10.0. The molecule has 0 aromatic heterocycles. The Morgan fingerprint density at radius 2 is 2.14 bits per heavy atom. The maximum absolute atomic E-state index is 5.93. The highest BCUT2D eigenvalue weighted by atomic mass is 16.5. The topological polar surface area (TPSA) is 21.7 Å². The van der Waals surface area contributed by atoms with Gasteiger partial charge in [0.25, 0.3) is 0 Å². The van der Waals surface area contributed by atoms with Crippen LogP contribution in [0.2, 0.25) is 0 Å². The second-order valence-corrected chi connectivity index (χ2v) is 4.98. The molecular weight excluding hydrogens is 178 g/mol. The third-order valence-electron chi connectivity index (χ3n) is 2.59. The highest BCUT2D eigenvalue weighted by molar-refractivity contribution is 4.85. The van der Waals surface area contributed by atoms with E-state index in [9.17, 15) is 0 Å². The van der Waals surface area contributed by atoms with Crippen molar-refractivity contribution >= 4 is 0 Å². The van der Waals surface area contributed by atoms with Gasteiger partial charge in [-0.05, 0) is 27.7 Å². The fourth-order valence-electron chi connectivity index (χ4n) is 2.01. The first kappa shape index (κ1) is 12.0. The average Bonchev–Trinajstić information content (AvgIpc) is 2.01. The van der Waals surface area contributed by atoms with Gasteiger partial charge in [0.05, 0.1) is 18.3 Å². The SMILES string of the molecule is COCC1CN(C(C)C)CC(C)(C)O1. The van der Waals surface area contributed by atoms with Crippen molar-refractivity contribution in [1.29, 1.82) is 0 Å². The van der Waals surface area contributed by atoms with Crippen LogP contribution in [0.15, 0.2) is 0 Å². The summed E-state index contributed by atoms with van der Waals surface area (Å²) in [5, 5.41) is 0. The third kappa shape index (κ3) is 3.23. The summed E-state index contributed by atoms with van der Waals surface area (Å²) >= 11 is 0. The Bertz CT molecular complexity index is 180. The molecule has 1 saturated heterocycles. The molecule has 1 fully saturated rings. The van der Waals surface area contributed by atoms with Crippen LogP contribution < -0.4 is 0 Å². The number of ether oxygens (including phenoxy) is 2. The lowest BCUT2D eigenvalue weighted by Crippen LogP contribution is -2.55. The van der Waals surface area contributed by atoms with Gasteiger partial charge in [0, 0.05) is 26.2 Å². The van der Waals surface area contributed by atoms with Gasteiger partial charge in [-0.3, -0.25) is 4.90 Å². The summed E-state index contributed by atoms with van der Waals surface area (Å²) in [4.78, 5) is 2.45. The summed E-state index contributed by atoms with van der Waals surface area (Å²) in [5.41, 5.74) is -0.0499. The predicted molar refractivity (Wildman–Crippen MR) is 57.5 cm³/mol. The lowest BCUT2D eigenvalue weighted by Gasteiger charge is -2.44. The monoisotopic (exact) mass is 201 g/mol. The molecule has 0 spiro atoms. The van der Waals surface area contributed by atoms with Gasteiger partial charge >= 0.3 is 0 Å². The first-order valence-corrected chi connectivity index (χ1v) is 5.35. The van der Waals surface area contributed by atoms with Crippen LogP contribution in [0, 0.1) is 0 Å². The normalized spacial score (nSPS) is 28.3. The van der Waals surface area contributed by atoms with Crippen LogP contribution in [-0.2, 0) is 9.47 Å². The van der Waals surface area contributed by atoms with Crippen molar-refractivity contribution < 1.29 is 9.47 Å². The van der Waals surface area contributed by atoms with Crippen molar-refractivity contribution in [2.45, 2.75) is 45.4 Å². The Hall–Kier alpha value is -0.120. The van der Waals surface area contributed by atoms with Gasteiger partial charge in [-0.2, -0.15) is 0 Å². The second kappa shape index (κ2) is 4.60. The quantitative estimate of drug-likeness (QED) is 0.691. The maximum atomic E-state index is 5.93. The van der Waals surface area contributed by atoms with Gasteiger partial charge in [0.2, 0.25) is 0 Å². The zero-order chi connectivity index (χ0) is 10.8. The number of morpholine rings is 1. The standard InChI is InChI=1S/C11H23NO2/c1-9(2)12-6-10(7-13-5)14-11(3,4)8-12/h9-10H,6-8H2,1-5H3. The lowest BCUT2D eigenvalue weighted by molar-refractivity contribution is -0.157. The van der Waals surface area contributed by atoms with Crippen molar-refractivity contribution in [1.82, 2.24) is 4.90 Å². The number of hydrogen-bond acceptors (Lipinski definition) is 3. The summed E-state index contributed by atoms with van der Waals surface area (Å²) < 4.78 is 11.1. The van der Waals surface area contributed by atoms with E-state index in [2.05, 4.69) is 32.6 Å². The molecular formula is C11H23NO2. The minimum absolute atomic E-state index is 0.0499. The maximum Gasteiger partial charge on any atom is 0.0942 e. The van der Waals surface area contributed by atoms with Crippen LogP contribution >= 0.6 is 0 Å². The predicted octanol–water partition coefficient (Wildman–Crippen LogP) is 1.52. The number of hydrogen-bond donors (Lipinski definition) is 0. The van der Waals surface area contributed by atoms with E-state index in [1.165, 1.54) is 0 Å². The Labute approximate surface area is 87.4 Å². The molecule has 0 saturated carbocycles. The minimum atomic E-state index is -0.0499. The number of nitrogens with zero attached hydrogens (tertiary/aromatic N) is 1. The van der Waals surface area contributed by atoms with E-state index in [1.54, 1.807) is 7.11 Å². The Balaban J connectivity index is 2.57. The fraction of sp³-hybridized carbons (Fsp3) is 1.00. The molecule has 1 atom stereocenters. The minimum Gasteiger partial charge on any atom is -0.382 e. The van der Waals surface area contributed by atoms with E-state index < -0.39 is 0 Å². The van der Waals surface area contributed by atoms with E-state index in [1.807, 2.05) is 0 Å². The van der Waals surface area contributed by atoms with E-state index >= 15 is 0 Å². The van der Waals surface area contributed by atoms with Crippen molar-refractivity contribution in [3.63, 3.8) is 0 Å². The molecule has 0 N–H and O–H groups in total. The average molecular weight is 201 g/mol. The third-order valence-corrected chi connectivity index (χ3v) is 2.59. The van der Waals surface area contributed by atoms with Crippen LogP contribution in [0.25, 0.3) is 0 Å². The molecule has 1 aliphatic heterocycles. The van der Waals surface area contributed by atoms with Crippen LogP contribution in [0.1, 0.15) is 27.7 Å². The molecule has 0 amide bonds. The van der Waals surface area contributed by atoms with Gasteiger partial charge in [0.1, 0.15) is 0 Å². The molecule has 0 aliphatic carbocycles. The van der Waals surface area contributed by atoms with Crippen LogP contribution in [0.4, 0.5) is 0 Å². The summed E-state index contributed by atoms with van der Waals surface area (Å²) in [7, 11) is 1.73. The van der Waals surface area contributed by atoms with Crippen LogP contribution in [-0.4, -0.2) is 49.5 Å². The van der Waals surface area contributed by atoms with Gasteiger partial charge in [-0.1, -0.05) is 0 Å². The number of methoxy groups -OCH3 is 1. The molecule has 14 heavy (non-hydrogen) atoms. The van der Waals surface area contributed by atoms with Gasteiger partial charge in [-0.15, -0.1) is 0 Å². The van der Waals surface area contributed by atoms with Gasteiger partial charge < -0.3 is 9.47 Å². The van der Waals surface area contributed by atoms with E-state index in [-0.39, 0.29) is 11.7 Å². The molecule has 0 radical (unpaired) electrons. The van der Waals surface area contributed by atoms with Crippen molar-refractivity contribution in [2.75, 3.05) is 26.8 Å². The van der Waals surface area contributed by atoms with E-state index in [0.717, 1.165) is 13.1 Å². The Morgan fingerprint density at radius 3 is 2.64 bits per heavy atom. The molecule has 3 nitrogen and oxygen atoms in total. The van der Waals surface area contributed by atoms with Crippen molar-refractivity contribution in [3.05, 3.63) is 0 Å². The summed E-state index contributed by atoms with van der Waals surface area (Å²) in [6.45, 7) is 11.4. The summed E-state index contributed by atoms with van der Waals surface area (Å²) in [6.07, 6.45) is 0.214. The molecule has 0 bridgehead atoms. The first-order chi connectivity index (χ1) is 6.44. The molecule has 3 heteroatoms. The van der Waals surface area contributed by atoms with E-state index in [4.69, 9.17) is 9.47 Å². The molecule has 0 aromatic carbocycles. The van der Waals surface area contributed by atoms with Crippen molar-refractivity contribution in [3.8, 4) is 0 Å². The Morgan fingerprint density at radius 1 is 1.50 bits per heavy atom. The summed E-state index contributed by atoms with van der Waals surface area (Å²) in [6, 6.07) is 0.581. The molecule has 1 rings (SSSR count). The molecule has 1 heterocycles. The fourth-order valence-corrected chi connectivity index (χ4v) is 2.01. The molecule has 0 aromatic rings.